The first-order valence-electron chi connectivity index (χ1n) is 5.42. The minimum absolute atomic E-state index is 0.310. The lowest BCUT2D eigenvalue weighted by Crippen LogP contribution is -2.02. The van der Waals surface area contributed by atoms with Crippen molar-refractivity contribution in [1.82, 2.24) is 9.38 Å². The number of hydrogen-bond acceptors (Lipinski definition) is 2. The average Bonchev–Trinajstić information content (AvgIpc) is 2.69. The molecule has 3 rings (SSSR count). The highest BCUT2D eigenvalue weighted by molar-refractivity contribution is 5.54. The van der Waals surface area contributed by atoms with E-state index in [1.54, 1.807) is 0 Å². The van der Waals surface area contributed by atoms with Crippen LogP contribution in [0.2, 0.25) is 0 Å². The molecule has 0 amide bonds. The predicted molar refractivity (Wildman–Crippen MR) is 65.2 cm³/mol. The van der Waals surface area contributed by atoms with Crippen molar-refractivity contribution in [3.8, 4) is 0 Å². The van der Waals surface area contributed by atoms with Gasteiger partial charge in [-0.2, -0.15) is 0 Å². The molecule has 0 bridgehead atoms. The third-order valence-electron chi connectivity index (χ3n) is 2.93. The van der Waals surface area contributed by atoms with Crippen LogP contribution in [0.3, 0.4) is 0 Å². The first-order valence-corrected chi connectivity index (χ1v) is 5.42. The quantitative estimate of drug-likeness (QED) is 0.787. The minimum Gasteiger partial charge on any atom is -0.383 e. The Labute approximate surface area is 93.9 Å². The maximum Gasteiger partial charge on any atom is 0.138 e. The van der Waals surface area contributed by atoms with Gasteiger partial charge in [0, 0.05) is 12.1 Å². The molecule has 0 aromatic carbocycles. The van der Waals surface area contributed by atoms with Crippen molar-refractivity contribution in [2.75, 3.05) is 5.73 Å². The van der Waals surface area contributed by atoms with E-state index in [2.05, 4.69) is 29.3 Å². The number of allylic oxidation sites excluding steroid dienone is 4. The molecule has 1 unspecified atom stereocenters. The molecule has 0 spiro atoms. The van der Waals surface area contributed by atoms with Crippen LogP contribution in [0.25, 0.3) is 5.65 Å². The Kier molecular flexibility index (Phi) is 2.03. The van der Waals surface area contributed by atoms with E-state index in [0.29, 0.717) is 5.92 Å². The Morgan fingerprint density at radius 3 is 3.00 bits per heavy atom. The number of pyridine rings is 1. The van der Waals surface area contributed by atoms with Gasteiger partial charge in [-0.05, 0) is 18.6 Å². The van der Waals surface area contributed by atoms with Gasteiger partial charge < -0.3 is 5.73 Å². The average molecular weight is 211 g/mol. The summed E-state index contributed by atoms with van der Waals surface area (Å²) in [5.41, 5.74) is 8.01. The number of imidazole rings is 1. The highest BCUT2D eigenvalue weighted by Gasteiger charge is 2.17. The van der Waals surface area contributed by atoms with E-state index >= 15 is 0 Å². The van der Waals surface area contributed by atoms with Gasteiger partial charge in [0.05, 0.1) is 5.69 Å². The van der Waals surface area contributed by atoms with Gasteiger partial charge in [0.25, 0.3) is 0 Å². The first kappa shape index (κ1) is 9.21. The van der Waals surface area contributed by atoms with Crippen LogP contribution in [-0.4, -0.2) is 9.38 Å². The molecule has 1 aliphatic rings. The van der Waals surface area contributed by atoms with Crippen LogP contribution in [0.1, 0.15) is 18.0 Å². The predicted octanol–water partition coefficient (Wildman–Crippen LogP) is 2.52. The molecule has 1 aliphatic carbocycles. The summed E-state index contributed by atoms with van der Waals surface area (Å²) in [6.45, 7) is 0. The number of nitrogens with two attached hydrogens (primary N) is 1. The number of rotatable bonds is 1. The van der Waals surface area contributed by atoms with Gasteiger partial charge in [-0.15, -0.1) is 0 Å². The highest BCUT2D eigenvalue weighted by Crippen LogP contribution is 2.28. The molecule has 3 nitrogen and oxygen atoms in total. The number of nitrogen functional groups attached to an aromatic ring is 1. The van der Waals surface area contributed by atoms with Gasteiger partial charge in [-0.25, -0.2) is 4.98 Å². The van der Waals surface area contributed by atoms with Crippen LogP contribution in [0.4, 0.5) is 5.82 Å². The van der Waals surface area contributed by atoms with E-state index < -0.39 is 0 Å². The van der Waals surface area contributed by atoms with Gasteiger partial charge in [-0.3, -0.25) is 4.40 Å². The summed E-state index contributed by atoms with van der Waals surface area (Å²) in [7, 11) is 0. The molecule has 0 aliphatic heterocycles. The van der Waals surface area contributed by atoms with Crippen molar-refractivity contribution < 1.29 is 0 Å². The molecule has 80 valence electrons. The molecule has 3 heteroatoms. The molecule has 2 aromatic heterocycles. The van der Waals surface area contributed by atoms with Crippen LogP contribution in [0.15, 0.2) is 48.7 Å². The zero-order valence-electron chi connectivity index (χ0n) is 8.88. The summed E-state index contributed by atoms with van der Waals surface area (Å²) < 4.78 is 1.93. The fraction of sp³-hybridized carbons (Fsp3) is 0.154. The zero-order valence-corrected chi connectivity index (χ0v) is 8.88. The number of aromatic nitrogens is 2. The van der Waals surface area contributed by atoms with Gasteiger partial charge in [0.1, 0.15) is 11.5 Å². The zero-order chi connectivity index (χ0) is 11.0. The Balaban J connectivity index is 2.13. The molecule has 2 aromatic rings. The third kappa shape index (κ3) is 1.33. The topological polar surface area (TPSA) is 43.3 Å². The molecule has 0 fully saturated rings. The fourth-order valence-electron chi connectivity index (χ4n) is 2.09. The Bertz CT molecular complexity index is 578. The van der Waals surface area contributed by atoms with Crippen molar-refractivity contribution in [2.45, 2.75) is 12.3 Å². The summed E-state index contributed by atoms with van der Waals surface area (Å²) in [5, 5.41) is 0. The monoisotopic (exact) mass is 211 g/mol. The van der Waals surface area contributed by atoms with Crippen molar-refractivity contribution in [3.63, 3.8) is 0 Å². The maximum absolute atomic E-state index is 6.11. The smallest absolute Gasteiger partial charge is 0.138 e. The lowest BCUT2D eigenvalue weighted by Gasteiger charge is -2.10. The van der Waals surface area contributed by atoms with E-state index in [0.717, 1.165) is 23.6 Å². The Morgan fingerprint density at radius 1 is 1.31 bits per heavy atom. The van der Waals surface area contributed by atoms with E-state index in [4.69, 9.17) is 5.73 Å². The summed E-state index contributed by atoms with van der Waals surface area (Å²) in [6, 6.07) is 5.91. The van der Waals surface area contributed by atoms with E-state index in [9.17, 15) is 0 Å². The van der Waals surface area contributed by atoms with Crippen LogP contribution < -0.4 is 5.73 Å². The normalized spacial score (nSPS) is 19.4. The molecule has 1 atom stereocenters. The number of anilines is 1. The van der Waals surface area contributed by atoms with Gasteiger partial charge in [0.15, 0.2) is 0 Å². The lowest BCUT2D eigenvalue weighted by molar-refractivity contribution is 0.829. The van der Waals surface area contributed by atoms with Crippen molar-refractivity contribution >= 4 is 11.5 Å². The maximum atomic E-state index is 6.11. The van der Waals surface area contributed by atoms with Crippen LogP contribution in [0.5, 0.6) is 0 Å². The molecule has 0 saturated carbocycles. The van der Waals surface area contributed by atoms with E-state index in [1.165, 1.54) is 0 Å². The van der Waals surface area contributed by atoms with Crippen LogP contribution in [0, 0.1) is 0 Å². The first-order chi connectivity index (χ1) is 7.86. The molecule has 2 heterocycles. The summed E-state index contributed by atoms with van der Waals surface area (Å²) in [4.78, 5) is 4.59. The minimum atomic E-state index is 0.310. The standard InChI is InChI=1S/C13H13N3/c14-13-12(10-6-2-1-3-7-10)15-11-8-4-5-9-16(11)13/h1-6,8-10H,7,14H2. The molecular formula is C13H13N3. The Morgan fingerprint density at radius 2 is 2.25 bits per heavy atom. The van der Waals surface area contributed by atoms with E-state index in [1.807, 2.05) is 28.8 Å². The van der Waals surface area contributed by atoms with Crippen molar-refractivity contribution in [2.24, 2.45) is 0 Å². The largest absolute Gasteiger partial charge is 0.383 e. The van der Waals surface area contributed by atoms with E-state index in [-0.39, 0.29) is 0 Å². The number of nitrogens with zero attached hydrogens (tertiary/aromatic N) is 2. The second kappa shape index (κ2) is 3.52. The summed E-state index contributed by atoms with van der Waals surface area (Å²) in [6.07, 6.45) is 11.3. The Hall–Kier alpha value is -2.03. The van der Waals surface area contributed by atoms with Gasteiger partial charge in [-0.1, -0.05) is 30.4 Å². The number of hydrogen-bond donors (Lipinski definition) is 1. The summed E-state index contributed by atoms with van der Waals surface area (Å²) >= 11 is 0. The molecule has 2 N–H and O–H groups in total. The molecular weight excluding hydrogens is 198 g/mol. The lowest BCUT2D eigenvalue weighted by atomic mass is 9.97. The second-order valence-corrected chi connectivity index (χ2v) is 3.97. The molecule has 0 saturated heterocycles. The second-order valence-electron chi connectivity index (χ2n) is 3.97. The van der Waals surface area contributed by atoms with Crippen LogP contribution >= 0.6 is 0 Å². The fourth-order valence-corrected chi connectivity index (χ4v) is 2.09. The third-order valence-corrected chi connectivity index (χ3v) is 2.93. The molecule has 0 radical (unpaired) electrons. The summed E-state index contributed by atoms with van der Waals surface area (Å²) in [5.74, 6) is 1.06. The van der Waals surface area contributed by atoms with Gasteiger partial charge in [0.2, 0.25) is 0 Å². The highest BCUT2D eigenvalue weighted by atomic mass is 15.1. The van der Waals surface area contributed by atoms with Crippen molar-refractivity contribution in [1.29, 1.82) is 0 Å². The number of fused-ring (bicyclic) bond motifs is 1. The van der Waals surface area contributed by atoms with Crippen molar-refractivity contribution in [3.05, 3.63) is 54.4 Å². The van der Waals surface area contributed by atoms with Crippen LogP contribution in [-0.2, 0) is 0 Å². The molecule has 16 heavy (non-hydrogen) atoms. The van der Waals surface area contributed by atoms with Gasteiger partial charge >= 0.3 is 0 Å². The SMILES string of the molecule is Nc1c(C2C=CC=CC2)nc2ccccn12.